The van der Waals surface area contributed by atoms with Crippen LogP contribution in [0.25, 0.3) is 0 Å². The molecule has 3 aliphatic rings. The summed E-state index contributed by atoms with van der Waals surface area (Å²) in [4.78, 5) is 7.95. The molecule has 3 rings (SSSR count). The number of piperidine rings is 1. The fraction of sp³-hybridized carbons (Fsp3) is 1.00. The molecule has 0 amide bonds. The molecule has 3 aliphatic heterocycles. The Morgan fingerprint density at radius 2 is 1.58 bits per heavy atom. The van der Waals surface area contributed by atoms with Crippen molar-refractivity contribution in [1.82, 2.24) is 14.7 Å². The SMILES string of the molecule is CC1CCC(C2CCN(C3CCN(C)CC3)C2)N1C. The van der Waals surface area contributed by atoms with Crippen LogP contribution in [0.4, 0.5) is 0 Å². The Morgan fingerprint density at radius 1 is 0.842 bits per heavy atom. The molecule has 19 heavy (non-hydrogen) atoms. The zero-order chi connectivity index (χ0) is 13.4. The van der Waals surface area contributed by atoms with Crippen LogP contribution in [0.15, 0.2) is 0 Å². The van der Waals surface area contributed by atoms with E-state index in [1.807, 2.05) is 0 Å². The van der Waals surface area contributed by atoms with Gasteiger partial charge in [-0.2, -0.15) is 0 Å². The van der Waals surface area contributed by atoms with E-state index in [1.54, 1.807) is 0 Å². The first kappa shape index (κ1) is 13.8. The van der Waals surface area contributed by atoms with Crippen molar-refractivity contribution >= 4 is 0 Å². The molecule has 0 N–H and O–H groups in total. The smallest absolute Gasteiger partial charge is 0.0136 e. The van der Waals surface area contributed by atoms with Gasteiger partial charge in [0, 0.05) is 24.7 Å². The first-order valence-electron chi connectivity index (χ1n) is 8.29. The molecule has 3 heteroatoms. The molecule has 110 valence electrons. The summed E-state index contributed by atoms with van der Waals surface area (Å²) in [6.07, 6.45) is 7.06. The lowest BCUT2D eigenvalue weighted by Crippen LogP contribution is -2.44. The van der Waals surface area contributed by atoms with Gasteiger partial charge in [0.25, 0.3) is 0 Å². The van der Waals surface area contributed by atoms with Crippen LogP contribution in [-0.2, 0) is 0 Å². The van der Waals surface area contributed by atoms with Crippen molar-refractivity contribution in [3.63, 3.8) is 0 Å². The van der Waals surface area contributed by atoms with Crippen LogP contribution < -0.4 is 0 Å². The highest BCUT2D eigenvalue weighted by Crippen LogP contribution is 2.34. The summed E-state index contributed by atoms with van der Waals surface area (Å²) in [7, 11) is 4.61. The van der Waals surface area contributed by atoms with Gasteiger partial charge in [-0.25, -0.2) is 0 Å². The van der Waals surface area contributed by atoms with Crippen LogP contribution in [0.1, 0.15) is 39.0 Å². The van der Waals surface area contributed by atoms with E-state index in [2.05, 4.69) is 35.7 Å². The third-order valence-corrected chi connectivity index (χ3v) is 6.10. The van der Waals surface area contributed by atoms with Crippen LogP contribution in [0.2, 0.25) is 0 Å². The zero-order valence-corrected chi connectivity index (χ0v) is 13.0. The van der Waals surface area contributed by atoms with Gasteiger partial charge in [-0.1, -0.05) is 0 Å². The number of likely N-dealkylation sites (tertiary alicyclic amines) is 3. The van der Waals surface area contributed by atoms with Crippen molar-refractivity contribution in [2.75, 3.05) is 40.3 Å². The topological polar surface area (TPSA) is 9.72 Å². The number of hydrogen-bond acceptors (Lipinski definition) is 3. The predicted molar refractivity (Wildman–Crippen MR) is 80.4 cm³/mol. The first-order valence-corrected chi connectivity index (χ1v) is 8.29. The van der Waals surface area contributed by atoms with Gasteiger partial charge in [-0.3, -0.25) is 4.90 Å². The minimum absolute atomic E-state index is 0.808. The molecule has 0 bridgehead atoms. The Hall–Kier alpha value is -0.120. The molecule has 0 radical (unpaired) electrons. The molecule has 3 atom stereocenters. The van der Waals surface area contributed by atoms with E-state index in [0.29, 0.717) is 0 Å². The summed E-state index contributed by atoms with van der Waals surface area (Å²) in [5.74, 6) is 0.939. The molecular weight excluding hydrogens is 234 g/mol. The van der Waals surface area contributed by atoms with Crippen LogP contribution in [0.3, 0.4) is 0 Å². The van der Waals surface area contributed by atoms with Crippen LogP contribution in [0, 0.1) is 5.92 Å². The molecule has 3 unspecified atom stereocenters. The fourth-order valence-corrected chi connectivity index (χ4v) is 4.54. The molecule has 0 aromatic heterocycles. The van der Waals surface area contributed by atoms with Crippen molar-refractivity contribution in [3.8, 4) is 0 Å². The Labute approximate surface area is 118 Å². The standard InChI is InChI=1S/C16H31N3/c1-13-4-5-16(18(13)3)14-6-11-19(12-14)15-7-9-17(2)10-8-15/h13-16H,4-12H2,1-3H3. The summed E-state index contributed by atoms with van der Waals surface area (Å²) in [5, 5.41) is 0. The second-order valence-corrected chi connectivity index (χ2v) is 7.24. The first-order chi connectivity index (χ1) is 9.15. The maximum absolute atomic E-state index is 2.81. The van der Waals surface area contributed by atoms with Crippen LogP contribution in [0.5, 0.6) is 0 Å². The monoisotopic (exact) mass is 265 g/mol. The van der Waals surface area contributed by atoms with Gasteiger partial charge in [0.2, 0.25) is 0 Å². The average Bonchev–Trinajstić information content (AvgIpc) is 2.99. The molecule has 3 fully saturated rings. The van der Waals surface area contributed by atoms with Gasteiger partial charge in [-0.05, 0) is 78.7 Å². The van der Waals surface area contributed by atoms with E-state index in [9.17, 15) is 0 Å². The largest absolute Gasteiger partial charge is 0.306 e. The third kappa shape index (κ3) is 2.84. The minimum atomic E-state index is 0.808. The molecule has 3 nitrogen and oxygen atoms in total. The molecule has 0 spiro atoms. The van der Waals surface area contributed by atoms with E-state index < -0.39 is 0 Å². The van der Waals surface area contributed by atoms with E-state index in [0.717, 1.165) is 24.0 Å². The second-order valence-electron chi connectivity index (χ2n) is 7.24. The molecule has 3 saturated heterocycles. The lowest BCUT2D eigenvalue weighted by Gasteiger charge is -2.35. The van der Waals surface area contributed by atoms with Gasteiger partial charge in [0.15, 0.2) is 0 Å². The molecule has 0 aromatic carbocycles. The Kier molecular flexibility index (Phi) is 4.16. The highest BCUT2D eigenvalue weighted by atomic mass is 15.2. The number of hydrogen-bond donors (Lipinski definition) is 0. The minimum Gasteiger partial charge on any atom is -0.306 e. The van der Waals surface area contributed by atoms with Gasteiger partial charge in [-0.15, -0.1) is 0 Å². The van der Waals surface area contributed by atoms with Crippen LogP contribution in [-0.4, -0.2) is 73.1 Å². The van der Waals surface area contributed by atoms with Crippen molar-refractivity contribution in [3.05, 3.63) is 0 Å². The van der Waals surface area contributed by atoms with E-state index in [1.165, 1.54) is 58.3 Å². The second kappa shape index (κ2) is 5.71. The van der Waals surface area contributed by atoms with E-state index >= 15 is 0 Å². The number of nitrogens with zero attached hydrogens (tertiary/aromatic N) is 3. The lowest BCUT2D eigenvalue weighted by molar-refractivity contribution is 0.129. The highest BCUT2D eigenvalue weighted by molar-refractivity contribution is 4.94. The molecule has 0 saturated carbocycles. The van der Waals surface area contributed by atoms with Crippen molar-refractivity contribution in [2.24, 2.45) is 5.92 Å². The molecule has 0 aliphatic carbocycles. The molecule has 0 aromatic rings. The normalized spacial score (nSPS) is 40.3. The molecular formula is C16H31N3. The average molecular weight is 265 g/mol. The fourth-order valence-electron chi connectivity index (χ4n) is 4.54. The van der Waals surface area contributed by atoms with E-state index in [-0.39, 0.29) is 0 Å². The van der Waals surface area contributed by atoms with Gasteiger partial charge in [0.05, 0.1) is 0 Å². The van der Waals surface area contributed by atoms with Gasteiger partial charge >= 0.3 is 0 Å². The third-order valence-electron chi connectivity index (χ3n) is 6.10. The summed E-state index contributed by atoms with van der Waals surface area (Å²) in [6.45, 7) is 7.72. The summed E-state index contributed by atoms with van der Waals surface area (Å²) in [6, 6.07) is 2.55. The quantitative estimate of drug-likeness (QED) is 0.755. The summed E-state index contributed by atoms with van der Waals surface area (Å²) in [5.41, 5.74) is 0. The highest BCUT2D eigenvalue weighted by Gasteiger charge is 2.38. The Bertz CT molecular complexity index is 298. The number of rotatable bonds is 2. The Balaban J connectivity index is 1.53. The van der Waals surface area contributed by atoms with Crippen molar-refractivity contribution in [1.29, 1.82) is 0 Å². The lowest BCUT2D eigenvalue weighted by atomic mass is 9.97. The molecule has 3 heterocycles. The maximum atomic E-state index is 2.81. The maximum Gasteiger partial charge on any atom is 0.0136 e. The van der Waals surface area contributed by atoms with Crippen molar-refractivity contribution < 1.29 is 0 Å². The van der Waals surface area contributed by atoms with Gasteiger partial charge < -0.3 is 9.80 Å². The predicted octanol–water partition coefficient (Wildman–Crippen LogP) is 1.89. The van der Waals surface area contributed by atoms with Crippen molar-refractivity contribution in [2.45, 2.75) is 57.2 Å². The van der Waals surface area contributed by atoms with Crippen LogP contribution >= 0.6 is 0 Å². The summed E-state index contributed by atoms with van der Waals surface area (Å²) < 4.78 is 0. The summed E-state index contributed by atoms with van der Waals surface area (Å²) >= 11 is 0. The Morgan fingerprint density at radius 3 is 2.21 bits per heavy atom. The zero-order valence-electron chi connectivity index (χ0n) is 13.0. The van der Waals surface area contributed by atoms with Gasteiger partial charge in [0.1, 0.15) is 0 Å². The van der Waals surface area contributed by atoms with E-state index in [4.69, 9.17) is 0 Å².